The number of halogens is 2. The number of rotatable bonds is 2. The summed E-state index contributed by atoms with van der Waals surface area (Å²) < 4.78 is 3.44. The Morgan fingerprint density at radius 2 is 1.95 bits per heavy atom. The van der Waals surface area contributed by atoms with E-state index in [4.69, 9.17) is 23.2 Å². The fourth-order valence-corrected chi connectivity index (χ4v) is 2.43. The molecule has 8 heteroatoms. The standard InChI is InChI=1S/C12H12Cl2N6/c1-6-10(13)7(2)20(18-6)5-9-16-11(14)8-4-15-19(3)12(8)17-9/h4H,5H2,1-3H3. The number of hydrogen-bond donors (Lipinski definition) is 0. The SMILES string of the molecule is Cc1nn(Cc2nc(Cl)c3cnn(C)c3n2)c(C)c1Cl. The van der Waals surface area contributed by atoms with Gasteiger partial charge in [0.15, 0.2) is 11.5 Å². The van der Waals surface area contributed by atoms with Crippen LogP contribution in [0.4, 0.5) is 0 Å². The van der Waals surface area contributed by atoms with Crippen molar-refractivity contribution < 1.29 is 0 Å². The third kappa shape index (κ3) is 2.05. The Balaban J connectivity index is 2.06. The van der Waals surface area contributed by atoms with Crippen molar-refractivity contribution in [1.29, 1.82) is 0 Å². The van der Waals surface area contributed by atoms with E-state index < -0.39 is 0 Å². The van der Waals surface area contributed by atoms with Gasteiger partial charge in [0.25, 0.3) is 0 Å². The van der Waals surface area contributed by atoms with Crippen LogP contribution >= 0.6 is 23.2 Å². The van der Waals surface area contributed by atoms with Crippen LogP contribution in [0, 0.1) is 13.8 Å². The van der Waals surface area contributed by atoms with Gasteiger partial charge in [-0.2, -0.15) is 10.2 Å². The molecule has 0 N–H and O–H groups in total. The van der Waals surface area contributed by atoms with Crippen LogP contribution in [0.1, 0.15) is 17.2 Å². The van der Waals surface area contributed by atoms with Crippen LogP contribution in [-0.2, 0) is 13.6 Å². The Morgan fingerprint density at radius 3 is 2.60 bits per heavy atom. The molecule has 0 aliphatic heterocycles. The Labute approximate surface area is 125 Å². The lowest BCUT2D eigenvalue weighted by molar-refractivity contribution is 0.632. The molecule has 0 amide bonds. The van der Waals surface area contributed by atoms with Crippen molar-refractivity contribution in [2.45, 2.75) is 20.4 Å². The molecule has 3 aromatic heterocycles. The zero-order valence-corrected chi connectivity index (χ0v) is 12.7. The Bertz CT molecular complexity index is 804. The zero-order chi connectivity index (χ0) is 14.4. The van der Waals surface area contributed by atoms with Crippen LogP contribution in [0.5, 0.6) is 0 Å². The van der Waals surface area contributed by atoms with Gasteiger partial charge in [-0.05, 0) is 13.8 Å². The van der Waals surface area contributed by atoms with E-state index in [2.05, 4.69) is 20.2 Å². The maximum Gasteiger partial charge on any atom is 0.162 e. The van der Waals surface area contributed by atoms with Crippen molar-refractivity contribution in [3.8, 4) is 0 Å². The lowest BCUT2D eigenvalue weighted by Gasteiger charge is -2.05. The molecule has 0 fully saturated rings. The first-order valence-corrected chi connectivity index (χ1v) is 6.76. The lowest BCUT2D eigenvalue weighted by atomic mass is 10.4. The van der Waals surface area contributed by atoms with Crippen LogP contribution < -0.4 is 0 Å². The average molecular weight is 311 g/mol. The summed E-state index contributed by atoms with van der Waals surface area (Å²) in [6.07, 6.45) is 1.65. The van der Waals surface area contributed by atoms with E-state index in [0.29, 0.717) is 28.2 Å². The molecule has 0 aromatic carbocycles. The van der Waals surface area contributed by atoms with Crippen LogP contribution in [0.15, 0.2) is 6.20 Å². The fourth-order valence-electron chi connectivity index (χ4n) is 2.06. The van der Waals surface area contributed by atoms with Crippen molar-refractivity contribution >= 4 is 34.2 Å². The van der Waals surface area contributed by atoms with Crippen LogP contribution in [-0.4, -0.2) is 29.5 Å². The van der Waals surface area contributed by atoms with Crippen molar-refractivity contribution in [1.82, 2.24) is 29.5 Å². The summed E-state index contributed by atoms with van der Waals surface area (Å²) in [5.41, 5.74) is 2.37. The third-order valence-electron chi connectivity index (χ3n) is 3.18. The topological polar surface area (TPSA) is 61.4 Å². The molecule has 20 heavy (non-hydrogen) atoms. The van der Waals surface area contributed by atoms with Gasteiger partial charge in [-0.25, -0.2) is 9.97 Å². The summed E-state index contributed by atoms with van der Waals surface area (Å²) in [6.45, 7) is 4.19. The van der Waals surface area contributed by atoms with Crippen LogP contribution in [0.3, 0.4) is 0 Å². The van der Waals surface area contributed by atoms with Gasteiger partial charge in [0.1, 0.15) is 11.7 Å². The van der Waals surface area contributed by atoms with E-state index >= 15 is 0 Å². The average Bonchev–Trinajstić information content (AvgIpc) is 2.88. The van der Waals surface area contributed by atoms with E-state index in [-0.39, 0.29) is 0 Å². The summed E-state index contributed by atoms with van der Waals surface area (Å²) >= 11 is 12.3. The van der Waals surface area contributed by atoms with Gasteiger partial charge in [0.05, 0.1) is 28.0 Å². The molecule has 3 rings (SSSR count). The first kappa shape index (κ1) is 13.3. The number of fused-ring (bicyclic) bond motifs is 1. The summed E-state index contributed by atoms with van der Waals surface area (Å²) in [5, 5.41) is 10.3. The summed E-state index contributed by atoms with van der Waals surface area (Å²) in [5.74, 6) is 0.577. The second-order valence-corrected chi connectivity index (χ2v) is 5.31. The highest BCUT2D eigenvalue weighted by Crippen LogP contribution is 2.22. The molecular formula is C12H12Cl2N6. The smallest absolute Gasteiger partial charge is 0.162 e. The van der Waals surface area contributed by atoms with Gasteiger partial charge in [-0.1, -0.05) is 23.2 Å². The highest BCUT2D eigenvalue weighted by Gasteiger charge is 2.13. The van der Waals surface area contributed by atoms with Crippen molar-refractivity contribution in [2.75, 3.05) is 0 Å². The molecule has 0 saturated carbocycles. The molecule has 104 valence electrons. The van der Waals surface area contributed by atoms with Gasteiger partial charge < -0.3 is 0 Å². The Morgan fingerprint density at radius 1 is 1.20 bits per heavy atom. The van der Waals surface area contributed by atoms with E-state index in [1.54, 1.807) is 15.6 Å². The zero-order valence-electron chi connectivity index (χ0n) is 11.2. The number of nitrogens with zero attached hydrogens (tertiary/aromatic N) is 6. The highest BCUT2D eigenvalue weighted by molar-refractivity contribution is 6.33. The summed E-state index contributed by atoms with van der Waals surface area (Å²) in [7, 11) is 1.82. The fraction of sp³-hybridized carbons (Fsp3) is 0.333. The van der Waals surface area contributed by atoms with Crippen LogP contribution in [0.2, 0.25) is 10.2 Å². The minimum Gasteiger partial charge on any atom is -0.260 e. The molecule has 3 aromatic rings. The van der Waals surface area contributed by atoms with Gasteiger partial charge in [-0.3, -0.25) is 9.36 Å². The number of aryl methyl sites for hydroxylation is 2. The van der Waals surface area contributed by atoms with Gasteiger partial charge in [0, 0.05) is 7.05 Å². The molecule has 0 bridgehead atoms. The normalized spacial score (nSPS) is 11.4. The summed E-state index contributed by atoms with van der Waals surface area (Å²) in [4.78, 5) is 8.76. The van der Waals surface area contributed by atoms with Crippen molar-refractivity contribution in [2.24, 2.45) is 7.05 Å². The Hall–Kier alpha value is -1.66. The molecule has 0 saturated heterocycles. The van der Waals surface area contributed by atoms with Crippen LogP contribution in [0.25, 0.3) is 11.0 Å². The molecular weight excluding hydrogens is 299 g/mol. The molecule has 0 aliphatic rings. The Kier molecular flexibility index (Phi) is 3.14. The number of aromatic nitrogens is 6. The predicted octanol–water partition coefficient (Wildman–Crippen LogP) is 2.53. The predicted molar refractivity (Wildman–Crippen MR) is 77.1 cm³/mol. The number of hydrogen-bond acceptors (Lipinski definition) is 4. The molecule has 0 spiro atoms. The minimum atomic E-state index is 0.394. The maximum atomic E-state index is 6.16. The molecule has 0 aliphatic carbocycles. The van der Waals surface area contributed by atoms with Crippen molar-refractivity contribution in [3.05, 3.63) is 33.6 Å². The summed E-state index contributed by atoms with van der Waals surface area (Å²) in [6, 6.07) is 0. The first-order valence-electron chi connectivity index (χ1n) is 6.01. The van der Waals surface area contributed by atoms with E-state index in [1.807, 2.05) is 20.9 Å². The lowest BCUT2D eigenvalue weighted by Crippen LogP contribution is -2.08. The van der Waals surface area contributed by atoms with E-state index in [9.17, 15) is 0 Å². The van der Waals surface area contributed by atoms with Gasteiger partial charge in [-0.15, -0.1) is 0 Å². The molecule has 0 unspecified atom stereocenters. The molecule has 3 heterocycles. The largest absolute Gasteiger partial charge is 0.260 e. The van der Waals surface area contributed by atoms with Crippen molar-refractivity contribution in [3.63, 3.8) is 0 Å². The van der Waals surface area contributed by atoms with E-state index in [1.165, 1.54) is 0 Å². The van der Waals surface area contributed by atoms with Gasteiger partial charge >= 0.3 is 0 Å². The second kappa shape index (κ2) is 4.71. The molecule has 6 nitrogen and oxygen atoms in total. The minimum absolute atomic E-state index is 0.394. The third-order valence-corrected chi connectivity index (χ3v) is 4.01. The quantitative estimate of drug-likeness (QED) is 0.682. The molecule has 0 atom stereocenters. The first-order chi connectivity index (χ1) is 9.47. The maximum absolute atomic E-state index is 6.16. The van der Waals surface area contributed by atoms with Gasteiger partial charge in [0.2, 0.25) is 0 Å². The highest BCUT2D eigenvalue weighted by atomic mass is 35.5. The van der Waals surface area contributed by atoms with E-state index in [0.717, 1.165) is 16.8 Å². The second-order valence-electron chi connectivity index (χ2n) is 4.58. The monoisotopic (exact) mass is 310 g/mol. The molecule has 0 radical (unpaired) electrons.